The van der Waals surface area contributed by atoms with Crippen molar-refractivity contribution in [2.24, 2.45) is 0 Å². The molecule has 0 fully saturated rings. The summed E-state index contributed by atoms with van der Waals surface area (Å²) >= 11 is 0. The van der Waals surface area contributed by atoms with E-state index < -0.39 is 28.0 Å². The lowest BCUT2D eigenvalue weighted by Crippen LogP contribution is -2.02. The second-order valence-electron chi connectivity index (χ2n) is 4.09. The van der Waals surface area contributed by atoms with Crippen LogP contribution in [-0.2, 0) is 6.61 Å². The minimum Gasteiger partial charge on any atom is -0.480 e. The van der Waals surface area contributed by atoms with Crippen LogP contribution in [0.2, 0.25) is 0 Å². The van der Waals surface area contributed by atoms with Crippen molar-refractivity contribution in [1.29, 1.82) is 5.26 Å². The van der Waals surface area contributed by atoms with Gasteiger partial charge >= 0.3 is 5.69 Å². The van der Waals surface area contributed by atoms with Crippen LogP contribution in [0.5, 0.6) is 5.75 Å². The monoisotopic (exact) mass is 290 g/mol. The Morgan fingerprint density at radius 2 is 2.05 bits per heavy atom. The van der Waals surface area contributed by atoms with E-state index in [1.165, 1.54) is 12.1 Å². The first-order valence-corrected chi connectivity index (χ1v) is 5.76. The Labute approximate surface area is 118 Å². The summed E-state index contributed by atoms with van der Waals surface area (Å²) in [5.74, 6) is -2.05. The number of nitriles is 1. The Morgan fingerprint density at radius 1 is 1.29 bits per heavy atom. The molecule has 0 aliphatic rings. The molecule has 0 spiro atoms. The van der Waals surface area contributed by atoms with Gasteiger partial charge in [0.15, 0.2) is 5.82 Å². The van der Waals surface area contributed by atoms with Crippen molar-refractivity contribution in [1.82, 2.24) is 0 Å². The van der Waals surface area contributed by atoms with E-state index in [2.05, 4.69) is 0 Å². The Hall–Kier alpha value is -3.01. The number of nitro benzene ring substituents is 1. The highest BCUT2D eigenvalue weighted by Gasteiger charge is 2.19. The van der Waals surface area contributed by atoms with Gasteiger partial charge in [0.05, 0.1) is 16.6 Å². The van der Waals surface area contributed by atoms with E-state index in [0.717, 1.165) is 24.3 Å². The SMILES string of the molecule is N#Cc1cc(F)cc(COc2c(F)cccc2[N+](=O)[O-])c1. The molecule has 0 N–H and O–H groups in total. The average Bonchev–Trinajstić information content (AvgIpc) is 2.45. The molecule has 0 saturated heterocycles. The smallest absolute Gasteiger partial charge is 0.314 e. The van der Waals surface area contributed by atoms with E-state index in [1.807, 2.05) is 0 Å². The third-order valence-electron chi connectivity index (χ3n) is 2.61. The molecule has 2 rings (SSSR count). The Kier molecular flexibility index (Phi) is 4.09. The van der Waals surface area contributed by atoms with E-state index in [9.17, 15) is 18.9 Å². The predicted molar refractivity (Wildman–Crippen MR) is 68.5 cm³/mol. The number of hydrogen-bond acceptors (Lipinski definition) is 4. The van der Waals surface area contributed by atoms with E-state index in [-0.39, 0.29) is 17.7 Å². The molecule has 21 heavy (non-hydrogen) atoms. The molecule has 106 valence electrons. The fourth-order valence-electron chi connectivity index (χ4n) is 1.74. The zero-order valence-corrected chi connectivity index (χ0v) is 10.5. The zero-order valence-electron chi connectivity index (χ0n) is 10.5. The highest BCUT2D eigenvalue weighted by molar-refractivity contribution is 5.47. The van der Waals surface area contributed by atoms with E-state index in [1.54, 1.807) is 6.07 Å². The van der Waals surface area contributed by atoms with Crippen LogP contribution in [0.15, 0.2) is 36.4 Å². The van der Waals surface area contributed by atoms with E-state index in [4.69, 9.17) is 10.00 Å². The fraction of sp³-hybridized carbons (Fsp3) is 0.0714. The molecule has 0 bridgehead atoms. The molecule has 0 radical (unpaired) electrons. The van der Waals surface area contributed by atoms with E-state index >= 15 is 0 Å². The van der Waals surface area contributed by atoms with Crippen molar-refractivity contribution in [3.8, 4) is 11.8 Å². The number of ether oxygens (including phenoxy) is 1. The number of nitro groups is 1. The Balaban J connectivity index is 2.27. The van der Waals surface area contributed by atoms with Crippen LogP contribution in [0.1, 0.15) is 11.1 Å². The lowest BCUT2D eigenvalue weighted by atomic mass is 10.1. The minimum atomic E-state index is -0.888. The summed E-state index contributed by atoms with van der Waals surface area (Å²) < 4.78 is 31.9. The molecule has 0 amide bonds. The maximum absolute atomic E-state index is 13.6. The molecule has 2 aromatic rings. The molecule has 7 heteroatoms. The first-order chi connectivity index (χ1) is 10.0. The van der Waals surface area contributed by atoms with Gasteiger partial charge in [0, 0.05) is 6.07 Å². The molecule has 0 aromatic heterocycles. The van der Waals surface area contributed by atoms with Crippen molar-refractivity contribution in [3.63, 3.8) is 0 Å². The maximum atomic E-state index is 13.6. The molecular formula is C14H8F2N2O3. The highest BCUT2D eigenvalue weighted by Crippen LogP contribution is 2.30. The van der Waals surface area contributed by atoms with Gasteiger partial charge in [-0.3, -0.25) is 10.1 Å². The average molecular weight is 290 g/mol. The van der Waals surface area contributed by atoms with Crippen molar-refractivity contribution >= 4 is 5.69 Å². The quantitative estimate of drug-likeness (QED) is 0.639. The van der Waals surface area contributed by atoms with Crippen LogP contribution in [0.3, 0.4) is 0 Å². The normalized spacial score (nSPS) is 9.95. The molecule has 5 nitrogen and oxygen atoms in total. The van der Waals surface area contributed by atoms with Crippen LogP contribution in [0, 0.1) is 33.1 Å². The van der Waals surface area contributed by atoms with Crippen molar-refractivity contribution in [2.75, 3.05) is 0 Å². The molecule has 0 aliphatic heterocycles. The molecule has 0 heterocycles. The van der Waals surface area contributed by atoms with Crippen molar-refractivity contribution in [2.45, 2.75) is 6.61 Å². The number of nitrogens with zero attached hydrogens (tertiary/aromatic N) is 2. The minimum absolute atomic E-state index is 0.0802. The van der Waals surface area contributed by atoms with Gasteiger partial charge < -0.3 is 4.74 Å². The molecule has 0 unspecified atom stereocenters. The summed E-state index contributed by atoms with van der Waals surface area (Å²) in [6, 6.07) is 8.58. The topological polar surface area (TPSA) is 76.2 Å². The number of hydrogen-bond donors (Lipinski definition) is 0. The molecule has 2 aromatic carbocycles. The van der Waals surface area contributed by atoms with Crippen LogP contribution >= 0.6 is 0 Å². The van der Waals surface area contributed by atoms with Crippen LogP contribution in [0.4, 0.5) is 14.5 Å². The second-order valence-corrected chi connectivity index (χ2v) is 4.09. The zero-order chi connectivity index (χ0) is 15.4. The third-order valence-corrected chi connectivity index (χ3v) is 2.61. The largest absolute Gasteiger partial charge is 0.480 e. The van der Waals surface area contributed by atoms with Gasteiger partial charge in [-0.2, -0.15) is 5.26 Å². The summed E-state index contributed by atoms with van der Waals surface area (Å²) in [5, 5.41) is 19.5. The number of rotatable bonds is 4. The van der Waals surface area contributed by atoms with Crippen LogP contribution in [-0.4, -0.2) is 4.92 Å². The van der Waals surface area contributed by atoms with Gasteiger partial charge in [-0.05, 0) is 29.8 Å². The van der Waals surface area contributed by atoms with Gasteiger partial charge in [0.25, 0.3) is 0 Å². The number of halogens is 2. The summed E-state index contributed by atoms with van der Waals surface area (Å²) in [6.45, 7) is -0.297. The first-order valence-electron chi connectivity index (χ1n) is 5.76. The number of benzene rings is 2. The van der Waals surface area contributed by atoms with E-state index in [0.29, 0.717) is 0 Å². The standard InChI is InChI=1S/C14H8F2N2O3/c15-11-5-9(7-17)4-10(6-11)8-21-14-12(16)2-1-3-13(14)18(19)20/h1-6H,8H2. The van der Waals surface area contributed by atoms with Gasteiger partial charge in [-0.1, -0.05) is 6.07 Å². The Bertz CT molecular complexity index is 741. The van der Waals surface area contributed by atoms with Gasteiger partial charge in [0.2, 0.25) is 5.75 Å². The second kappa shape index (κ2) is 5.96. The molecule has 0 atom stereocenters. The lowest BCUT2D eigenvalue weighted by Gasteiger charge is -2.08. The molecule has 0 aliphatic carbocycles. The molecular weight excluding hydrogens is 282 g/mol. The van der Waals surface area contributed by atoms with Gasteiger partial charge in [0.1, 0.15) is 12.4 Å². The first kappa shape index (κ1) is 14.4. The van der Waals surface area contributed by atoms with Crippen LogP contribution in [0.25, 0.3) is 0 Å². The number of para-hydroxylation sites is 1. The van der Waals surface area contributed by atoms with Crippen molar-refractivity contribution < 1.29 is 18.4 Å². The third kappa shape index (κ3) is 3.30. The summed E-state index contributed by atoms with van der Waals surface area (Å²) in [6.07, 6.45) is 0. The Morgan fingerprint density at radius 3 is 2.71 bits per heavy atom. The summed E-state index contributed by atoms with van der Waals surface area (Å²) in [7, 11) is 0. The molecule has 0 saturated carbocycles. The fourth-order valence-corrected chi connectivity index (χ4v) is 1.74. The summed E-state index contributed by atoms with van der Waals surface area (Å²) in [5.41, 5.74) is -0.173. The van der Waals surface area contributed by atoms with Crippen LogP contribution < -0.4 is 4.74 Å². The highest BCUT2D eigenvalue weighted by atomic mass is 19.1. The predicted octanol–water partition coefficient (Wildman–Crippen LogP) is 3.32. The summed E-state index contributed by atoms with van der Waals surface area (Å²) in [4.78, 5) is 10.0. The van der Waals surface area contributed by atoms with Gasteiger partial charge in [-0.15, -0.1) is 0 Å². The van der Waals surface area contributed by atoms with Gasteiger partial charge in [-0.25, -0.2) is 8.78 Å². The maximum Gasteiger partial charge on any atom is 0.314 e. The lowest BCUT2D eigenvalue weighted by molar-refractivity contribution is -0.386. The van der Waals surface area contributed by atoms with Crippen molar-refractivity contribution in [3.05, 3.63) is 69.3 Å².